The van der Waals surface area contributed by atoms with E-state index in [0.29, 0.717) is 13.2 Å². The zero-order valence-corrected chi connectivity index (χ0v) is 15.0. The van der Waals surface area contributed by atoms with E-state index >= 15 is 0 Å². The Labute approximate surface area is 153 Å². The molecule has 0 aliphatic carbocycles. The van der Waals surface area contributed by atoms with Gasteiger partial charge in [0, 0.05) is 12.1 Å². The van der Waals surface area contributed by atoms with Crippen LogP contribution in [0.3, 0.4) is 0 Å². The third-order valence-corrected chi connectivity index (χ3v) is 4.80. The number of carbonyl (C=O) groups excluding carboxylic acids is 1. The molecule has 0 radical (unpaired) electrons. The molecule has 5 heteroatoms. The quantitative estimate of drug-likeness (QED) is 0.818. The maximum atomic E-state index is 13.1. The molecule has 0 unspecified atom stereocenters. The number of esters is 1. The van der Waals surface area contributed by atoms with Crippen LogP contribution in [-0.2, 0) is 16.1 Å². The molecule has 1 heterocycles. The Balaban J connectivity index is 1.82. The second-order valence-electron chi connectivity index (χ2n) is 6.58. The van der Waals surface area contributed by atoms with Gasteiger partial charge in [-0.25, -0.2) is 4.39 Å². The van der Waals surface area contributed by atoms with Crippen LogP contribution in [0.25, 0.3) is 11.1 Å². The van der Waals surface area contributed by atoms with E-state index in [1.807, 2.05) is 19.1 Å². The molecule has 1 N–H and O–H groups in total. The maximum absolute atomic E-state index is 13.1. The molecule has 4 nitrogen and oxygen atoms in total. The second-order valence-corrected chi connectivity index (χ2v) is 6.58. The molecule has 0 aromatic heterocycles. The van der Waals surface area contributed by atoms with Crippen molar-refractivity contribution in [2.45, 2.75) is 38.8 Å². The molecule has 1 aliphatic heterocycles. The maximum Gasteiger partial charge on any atom is 0.323 e. The predicted octanol–water partition coefficient (Wildman–Crippen LogP) is 4.12. The lowest BCUT2D eigenvalue weighted by molar-refractivity contribution is -0.151. The van der Waals surface area contributed by atoms with Crippen molar-refractivity contribution in [2.24, 2.45) is 0 Å². The number of benzene rings is 2. The van der Waals surface area contributed by atoms with Crippen molar-refractivity contribution in [2.75, 3.05) is 13.2 Å². The summed E-state index contributed by atoms with van der Waals surface area (Å²) in [7, 11) is 0. The van der Waals surface area contributed by atoms with E-state index in [0.717, 1.165) is 42.5 Å². The van der Waals surface area contributed by atoms with Crippen molar-refractivity contribution in [3.63, 3.8) is 0 Å². The summed E-state index contributed by atoms with van der Waals surface area (Å²) in [5, 5.41) is 10.3. The largest absolute Gasteiger partial charge is 0.508 e. The average Bonchev–Trinajstić information content (AvgIpc) is 2.65. The van der Waals surface area contributed by atoms with E-state index in [-0.39, 0.29) is 23.6 Å². The van der Waals surface area contributed by atoms with Crippen LogP contribution in [0.5, 0.6) is 5.75 Å². The minimum absolute atomic E-state index is 0.193. The standard InChI is InChI=1S/C21H24FNO3/c1-2-26-21(25)19-5-3-4-12-23(19)14-17-13-16(8-11-20(17)24)15-6-9-18(22)10-7-15/h6-11,13,19,24H,2-5,12,14H2,1H3/t19-/m0/s1. The molecule has 3 rings (SSSR count). The average molecular weight is 357 g/mol. The number of phenolic OH excluding ortho intramolecular Hbond substituents is 1. The van der Waals surface area contributed by atoms with Crippen LogP contribution >= 0.6 is 0 Å². The van der Waals surface area contributed by atoms with Gasteiger partial charge in [0.2, 0.25) is 0 Å². The van der Waals surface area contributed by atoms with E-state index in [9.17, 15) is 14.3 Å². The number of piperidine rings is 1. The van der Waals surface area contributed by atoms with Gasteiger partial charge in [-0.1, -0.05) is 24.6 Å². The molecule has 0 bridgehead atoms. The van der Waals surface area contributed by atoms with Gasteiger partial charge < -0.3 is 9.84 Å². The minimum Gasteiger partial charge on any atom is -0.508 e. The van der Waals surface area contributed by atoms with Gasteiger partial charge in [-0.05, 0) is 61.7 Å². The van der Waals surface area contributed by atoms with Crippen molar-refractivity contribution >= 4 is 5.97 Å². The summed E-state index contributed by atoms with van der Waals surface area (Å²) in [6.45, 7) is 3.45. The summed E-state index contributed by atoms with van der Waals surface area (Å²) in [5.74, 6) is -0.274. The number of phenols is 1. The highest BCUT2D eigenvalue weighted by atomic mass is 19.1. The number of ether oxygens (including phenoxy) is 1. The number of rotatable bonds is 5. The number of halogens is 1. The van der Waals surface area contributed by atoms with Gasteiger partial charge in [-0.3, -0.25) is 9.69 Å². The molecule has 0 saturated carbocycles. The van der Waals surface area contributed by atoms with Gasteiger partial charge in [0.15, 0.2) is 0 Å². The Kier molecular flexibility index (Phi) is 5.89. The van der Waals surface area contributed by atoms with Crippen LogP contribution < -0.4 is 0 Å². The molecule has 1 fully saturated rings. The van der Waals surface area contributed by atoms with Gasteiger partial charge in [0.1, 0.15) is 17.6 Å². The van der Waals surface area contributed by atoms with E-state index in [1.165, 1.54) is 12.1 Å². The summed E-state index contributed by atoms with van der Waals surface area (Å²) in [6, 6.07) is 11.4. The fraction of sp³-hybridized carbons (Fsp3) is 0.381. The molecule has 2 aromatic rings. The third-order valence-electron chi connectivity index (χ3n) is 4.80. The summed E-state index contributed by atoms with van der Waals surface area (Å²) < 4.78 is 18.4. The molecular formula is C21H24FNO3. The summed E-state index contributed by atoms with van der Waals surface area (Å²) in [6.07, 6.45) is 2.80. The fourth-order valence-electron chi connectivity index (χ4n) is 3.44. The number of hydrogen-bond acceptors (Lipinski definition) is 4. The highest BCUT2D eigenvalue weighted by molar-refractivity contribution is 5.76. The number of nitrogens with zero attached hydrogens (tertiary/aromatic N) is 1. The van der Waals surface area contributed by atoms with Gasteiger partial charge in [-0.15, -0.1) is 0 Å². The van der Waals surface area contributed by atoms with Crippen molar-refractivity contribution in [1.29, 1.82) is 0 Å². The summed E-state index contributed by atoms with van der Waals surface area (Å²) in [5.41, 5.74) is 2.54. The highest BCUT2D eigenvalue weighted by Crippen LogP contribution is 2.29. The first-order chi connectivity index (χ1) is 12.6. The Bertz CT molecular complexity index is 760. The third kappa shape index (κ3) is 4.22. The van der Waals surface area contributed by atoms with Crippen molar-refractivity contribution in [3.05, 3.63) is 53.8 Å². The highest BCUT2D eigenvalue weighted by Gasteiger charge is 2.30. The number of carbonyl (C=O) groups is 1. The fourth-order valence-corrected chi connectivity index (χ4v) is 3.44. The van der Waals surface area contributed by atoms with E-state index in [1.54, 1.807) is 18.2 Å². The van der Waals surface area contributed by atoms with Gasteiger partial charge in [-0.2, -0.15) is 0 Å². The Hall–Kier alpha value is -2.40. The zero-order valence-electron chi connectivity index (χ0n) is 15.0. The molecular weight excluding hydrogens is 333 g/mol. The normalized spacial score (nSPS) is 17.8. The van der Waals surface area contributed by atoms with E-state index in [2.05, 4.69) is 4.90 Å². The van der Waals surface area contributed by atoms with Crippen LogP contribution in [0.1, 0.15) is 31.7 Å². The van der Waals surface area contributed by atoms with Gasteiger partial charge in [0.05, 0.1) is 6.61 Å². The summed E-state index contributed by atoms with van der Waals surface area (Å²) in [4.78, 5) is 14.3. The smallest absolute Gasteiger partial charge is 0.323 e. The van der Waals surface area contributed by atoms with Crippen molar-refractivity contribution in [3.8, 4) is 16.9 Å². The SMILES string of the molecule is CCOC(=O)[C@@H]1CCCCN1Cc1cc(-c2ccc(F)cc2)ccc1O. The van der Waals surface area contributed by atoms with Crippen molar-refractivity contribution < 1.29 is 19.0 Å². The number of aromatic hydroxyl groups is 1. The van der Waals surface area contributed by atoms with Gasteiger partial charge in [0.25, 0.3) is 0 Å². The van der Waals surface area contributed by atoms with E-state index in [4.69, 9.17) is 4.74 Å². The van der Waals surface area contributed by atoms with Crippen molar-refractivity contribution in [1.82, 2.24) is 4.90 Å². The molecule has 1 aliphatic rings. The zero-order chi connectivity index (χ0) is 18.5. The molecule has 1 atom stereocenters. The van der Waals surface area contributed by atoms with Crippen LogP contribution in [-0.4, -0.2) is 35.2 Å². The topological polar surface area (TPSA) is 49.8 Å². The molecule has 0 amide bonds. The summed E-state index contributed by atoms with van der Waals surface area (Å²) >= 11 is 0. The first-order valence-corrected chi connectivity index (χ1v) is 9.07. The van der Waals surface area contributed by atoms with E-state index < -0.39 is 0 Å². The monoisotopic (exact) mass is 357 g/mol. The first kappa shape index (κ1) is 18.4. The molecule has 1 saturated heterocycles. The Morgan fingerprint density at radius 2 is 1.92 bits per heavy atom. The predicted molar refractivity (Wildman–Crippen MR) is 98.2 cm³/mol. The Morgan fingerprint density at radius 3 is 2.65 bits per heavy atom. The van der Waals surface area contributed by atoms with Crippen LogP contribution in [0.4, 0.5) is 4.39 Å². The van der Waals surface area contributed by atoms with Crippen LogP contribution in [0, 0.1) is 5.82 Å². The Morgan fingerprint density at radius 1 is 1.19 bits per heavy atom. The lowest BCUT2D eigenvalue weighted by Gasteiger charge is -2.34. The molecule has 138 valence electrons. The van der Waals surface area contributed by atoms with Crippen LogP contribution in [0.15, 0.2) is 42.5 Å². The van der Waals surface area contributed by atoms with Gasteiger partial charge >= 0.3 is 5.97 Å². The minimum atomic E-state index is -0.279. The molecule has 0 spiro atoms. The lowest BCUT2D eigenvalue weighted by Crippen LogP contribution is -2.44. The number of hydrogen-bond donors (Lipinski definition) is 1. The first-order valence-electron chi connectivity index (χ1n) is 9.07. The van der Waals surface area contributed by atoms with Crippen LogP contribution in [0.2, 0.25) is 0 Å². The number of likely N-dealkylation sites (tertiary alicyclic amines) is 1. The second kappa shape index (κ2) is 8.32. The molecule has 26 heavy (non-hydrogen) atoms. The molecule has 2 aromatic carbocycles. The lowest BCUT2D eigenvalue weighted by atomic mass is 9.99.